The Morgan fingerprint density at radius 3 is 2.69 bits per heavy atom. The molecule has 0 aromatic rings. The van der Waals surface area contributed by atoms with Crippen molar-refractivity contribution in [3.8, 4) is 0 Å². The van der Waals surface area contributed by atoms with E-state index < -0.39 is 0 Å². The number of likely N-dealkylation sites (N-methyl/N-ethyl adjacent to an activating group) is 1. The molecule has 0 aromatic carbocycles. The fourth-order valence-electron chi connectivity index (χ4n) is 1.31. The number of rotatable bonds is 8. The minimum atomic E-state index is 0.575. The maximum absolute atomic E-state index is 5.73. The van der Waals surface area contributed by atoms with Crippen molar-refractivity contribution in [3.63, 3.8) is 0 Å². The van der Waals surface area contributed by atoms with E-state index in [-0.39, 0.29) is 0 Å². The highest BCUT2D eigenvalue weighted by molar-refractivity contribution is 5.77. The first kappa shape index (κ1) is 15.2. The first-order valence-corrected chi connectivity index (χ1v) is 6.35. The normalized spacial score (nSPS) is 14.2. The molecule has 0 saturated carbocycles. The van der Waals surface area contributed by atoms with E-state index in [1.54, 1.807) is 0 Å². The van der Waals surface area contributed by atoms with Gasteiger partial charge in [0.25, 0.3) is 0 Å². The summed E-state index contributed by atoms with van der Waals surface area (Å²) in [6, 6.07) is 0.625. The molecule has 0 spiro atoms. The molecule has 0 aromatic heterocycles. The molecule has 0 radical (unpaired) electrons. The Hall–Kier alpha value is -0.770. The Morgan fingerprint density at radius 1 is 1.44 bits per heavy atom. The minimum Gasteiger partial charge on any atom is -0.370 e. The number of unbranched alkanes of at least 4 members (excludes halogenated alkanes) is 1. The lowest BCUT2D eigenvalue weighted by Crippen LogP contribution is -2.39. The average Bonchev–Trinajstić information content (AvgIpc) is 2.28. The summed E-state index contributed by atoms with van der Waals surface area (Å²) in [5.74, 6) is 0.575. The Balaban J connectivity index is 3.60. The van der Waals surface area contributed by atoms with Gasteiger partial charge in [-0.15, -0.1) is 0 Å². The fraction of sp³-hybridized carbons (Fsp3) is 0.917. The molecule has 0 aliphatic carbocycles. The highest BCUT2D eigenvalue weighted by Crippen LogP contribution is 1.97. The average molecular weight is 228 g/mol. The monoisotopic (exact) mass is 228 g/mol. The second-order valence-corrected chi connectivity index (χ2v) is 4.29. The zero-order chi connectivity index (χ0) is 12.4. The minimum absolute atomic E-state index is 0.575. The maximum Gasteiger partial charge on any atom is 0.188 e. The number of hydrogen-bond acceptors (Lipinski definition) is 2. The van der Waals surface area contributed by atoms with E-state index in [2.05, 4.69) is 43.0 Å². The van der Waals surface area contributed by atoms with E-state index in [0.717, 1.165) is 32.5 Å². The third-order valence-electron chi connectivity index (χ3n) is 2.91. The summed E-state index contributed by atoms with van der Waals surface area (Å²) >= 11 is 0. The SMILES string of the molecule is CCCCN=C(N)NCCN(C)C(C)CC. The predicted octanol–water partition coefficient (Wildman–Crippen LogP) is 1.42. The van der Waals surface area contributed by atoms with Crippen molar-refractivity contribution in [1.82, 2.24) is 10.2 Å². The van der Waals surface area contributed by atoms with Crippen LogP contribution in [-0.2, 0) is 0 Å². The molecule has 1 unspecified atom stereocenters. The van der Waals surface area contributed by atoms with Crippen molar-refractivity contribution in [1.29, 1.82) is 0 Å². The number of aliphatic imine (C=N–C) groups is 1. The van der Waals surface area contributed by atoms with Crippen LogP contribution in [0.3, 0.4) is 0 Å². The molecule has 0 fully saturated rings. The van der Waals surface area contributed by atoms with Gasteiger partial charge < -0.3 is 16.0 Å². The van der Waals surface area contributed by atoms with Gasteiger partial charge in [-0.1, -0.05) is 20.3 Å². The molecule has 0 aliphatic heterocycles. The second-order valence-electron chi connectivity index (χ2n) is 4.29. The summed E-state index contributed by atoms with van der Waals surface area (Å²) in [7, 11) is 2.14. The van der Waals surface area contributed by atoms with Crippen LogP contribution in [0.25, 0.3) is 0 Å². The summed E-state index contributed by atoms with van der Waals surface area (Å²) in [5, 5.41) is 3.14. The van der Waals surface area contributed by atoms with Crippen LogP contribution in [0.15, 0.2) is 4.99 Å². The first-order chi connectivity index (χ1) is 7.61. The zero-order valence-corrected chi connectivity index (χ0v) is 11.3. The lowest BCUT2D eigenvalue weighted by Gasteiger charge is -2.23. The van der Waals surface area contributed by atoms with Crippen molar-refractivity contribution >= 4 is 5.96 Å². The van der Waals surface area contributed by atoms with E-state index in [1.165, 1.54) is 6.42 Å². The molecular weight excluding hydrogens is 200 g/mol. The Bertz CT molecular complexity index is 191. The lowest BCUT2D eigenvalue weighted by molar-refractivity contribution is 0.256. The van der Waals surface area contributed by atoms with Gasteiger partial charge in [-0.2, -0.15) is 0 Å². The van der Waals surface area contributed by atoms with Gasteiger partial charge in [-0.3, -0.25) is 4.99 Å². The highest BCUT2D eigenvalue weighted by Gasteiger charge is 2.05. The Labute approximate surface area is 100 Å². The van der Waals surface area contributed by atoms with Crippen LogP contribution in [-0.4, -0.2) is 43.6 Å². The molecule has 1 atom stereocenters. The van der Waals surface area contributed by atoms with E-state index in [9.17, 15) is 0 Å². The van der Waals surface area contributed by atoms with Crippen LogP contribution in [0.2, 0.25) is 0 Å². The van der Waals surface area contributed by atoms with Crippen LogP contribution in [0, 0.1) is 0 Å². The molecule has 16 heavy (non-hydrogen) atoms. The van der Waals surface area contributed by atoms with Crippen LogP contribution < -0.4 is 11.1 Å². The number of nitrogens with one attached hydrogen (secondary N) is 1. The number of guanidine groups is 1. The third-order valence-corrected chi connectivity index (χ3v) is 2.91. The number of nitrogens with zero attached hydrogens (tertiary/aromatic N) is 2. The fourth-order valence-corrected chi connectivity index (χ4v) is 1.31. The summed E-state index contributed by atoms with van der Waals surface area (Å²) in [5.41, 5.74) is 5.73. The maximum atomic E-state index is 5.73. The Morgan fingerprint density at radius 2 is 2.12 bits per heavy atom. The van der Waals surface area contributed by atoms with Crippen LogP contribution in [0.4, 0.5) is 0 Å². The molecule has 4 nitrogen and oxygen atoms in total. The topological polar surface area (TPSA) is 53.6 Å². The molecule has 0 rings (SSSR count). The van der Waals surface area contributed by atoms with Gasteiger partial charge in [-0.25, -0.2) is 0 Å². The van der Waals surface area contributed by atoms with Gasteiger partial charge in [0, 0.05) is 25.7 Å². The van der Waals surface area contributed by atoms with Gasteiger partial charge in [-0.05, 0) is 26.8 Å². The molecule has 0 heterocycles. The largest absolute Gasteiger partial charge is 0.370 e. The zero-order valence-electron chi connectivity index (χ0n) is 11.3. The number of hydrogen-bond donors (Lipinski definition) is 2. The lowest BCUT2D eigenvalue weighted by atomic mass is 10.2. The van der Waals surface area contributed by atoms with Gasteiger partial charge >= 0.3 is 0 Å². The number of nitrogens with two attached hydrogens (primary N) is 1. The predicted molar refractivity (Wildman–Crippen MR) is 71.8 cm³/mol. The van der Waals surface area contributed by atoms with Gasteiger partial charge in [0.2, 0.25) is 0 Å². The van der Waals surface area contributed by atoms with Crippen molar-refractivity contribution in [2.75, 3.05) is 26.7 Å². The molecule has 4 heteroatoms. The molecule has 3 N–H and O–H groups in total. The molecule has 96 valence electrons. The van der Waals surface area contributed by atoms with E-state index in [0.29, 0.717) is 12.0 Å². The summed E-state index contributed by atoms with van der Waals surface area (Å²) < 4.78 is 0. The molecule has 0 saturated heterocycles. The van der Waals surface area contributed by atoms with Crippen molar-refractivity contribution in [3.05, 3.63) is 0 Å². The molecule has 0 amide bonds. The van der Waals surface area contributed by atoms with Gasteiger partial charge in [0.15, 0.2) is 5.96 Å². The van der Waals surface area contributed by atoms with Crippen molar-refractivity contribution in [2.45, 2.75) is 46.1 Å². The van der Waals surface area contributed by atoms with Crippen molar-refractivity contribution in [2.24, 2.45) is 10.7 Å². The van der Waals surface area contributed by atoms with E-state index >= 15 is 0 Å². The van der Waals surface area contributed by atoms with E-state index in [4.69, 9.17) is 5.73 Å². The first-order valence-electron chi connectivity index (χ1n) is 6.35. The Kier molecular flexibility index (Phi) is 9.00. The quantitative estimate of drug-likeness (QED) is 0.375. The summed E-state index contributed by atoms with van der Waals surface area (Å²) in [6.07, 6.45) is 3.44. The van der Waals surface area contributed by atoms with E-state index in [1.807, 2.05) is 0 Å². The summed E-state index contributed by atoms with van der Waals surface area (Å²) in [4.78, 5) is 6.57. The molecule has 0 bridgehead atoms. The second kappa shape index (κ2) is 9.46. The summed E-state index contributed by atoms with van der Waals surface area (Å²) in [6.45, 7) is 9.28. The molecular formula is C12H28N4. The van der Waals surface area contributed by atoms with Gasteiger partial charge in [0.1, 0.15) is 0 Å². The van der Waals surface area contributed by atoms with Gasteiger partial charge in [0.05, 0.1) is 0 Å². The highest BCUT2D eigenvalue weighted by atomic mass is 15.2. The third kappa shape index (κ3) is 7.51. The van der Waals surface area contributed by atoms with Crippen LogP contribution in [0.1, 0.15) is 40.0 Å². The molecule has 0 aliphatic rings. The smallest absolute Gasteiger partial charge is 0.188 e. The standard InChI is InChI=1S/C12H28N4/c1-5-7-8-14-12(13)15-9-10-16(4)11(3)6-2/h11H,5-10H2,1-4H3,(H3,13,14,15). The van der Waals surface area contributed by atoms with Crippen LogP contribution in [0.5, 0.6) is 0 Å². The van der Waals surface area contributed by atoms with Crippen molar-refractivity contribution < 1.29 is 0 Å². The van der Waals surface area contributed by atoms with Crippen LogP contribution >= 0.6 is 0 Å².